The molecule has 1 aliphatic carbocycles. The van der Waals surface area contributed by atoms with Gasteiger partial charge in [0.1, 0.15) is 11.8 Å². The summed E-state index contributed by atoms with van der Waals surface area (Å²) < 4.78 is 5.78. The Morgan fingerprint density at radius 3 is 2.43 bits per heavy atom. The Kier molecular flexibility index (Phi) is 6.20. The van der Waals surface area contributed by atoms with E-state index in [1.54, 1.807) is 17.2 Å². The number of amides is 1. The van der Waals surface area contributed by atoms with Crippen molar-refractivity contribution in [2.24, 2.45) is 0 Å². The Balaban J connectivity index is 1.57. The predicted octanol–water partition coefficient (Wildman–Crippen LogP) is 6.05. The zero-order valence-corrected chi connectivity index (χ0v) is 20.5. The van der Waals surface area contributed by atoms with Crippen molar-refractivity contribution in [3.63, 3.8) is 0 Å². The van der Waals surface area contributed by atoms with E-state index in [2.05, 4.69) is 48.3 Å². The molecule has 180 valence electrons. The normalized spacial score (nSPS) is 19.5. The summed E-state index contributed by atoms with van der Waals surface area (Å²) in [6.07, 6.45) is 2.67. The molecule has 0 spiro atoms. The lowest BCUT2D eigenvalue weighted by Crippen LogP contribution is -2.37. The number of carbonyl (C=O) groups is 2. The Hall–Kier alpha value is -3.80. The number of benzene rings is 2. The average molecular weight is 470 g/mol. The zero-order valence-electron chi connectivity index (χ0n) is 20.5. The van der Waals surface area contributed by atoms with E-state index in [-0.39, 0.29) is 17.6 Å². The Labute approximate surface area is 206 Å². The van der Waals surface area contributed by atoms with Crippen molar-refractivity contribution in [3.05, 3.63) is 89.5 Å². The van der Waals surface area contributed by atoms with Gasteiger partial charge in [0.2, 0.25) is 5.91 Å². The third kappa shape index (κ3) is 4.14. The largest absolute Gasteiger partial charge is 0.467 e. The molecule has 2 aromatic carbocycles. The molecule has 1 amide bonds. The molecule has 1 aliphatic heterocycles. The van der Waals surface area contributed by atoms with Gasteiger partial charge in [-0.25, -0.2) is 0 Å². The van der Waals surface area contributed by atoms with Crippen LogP contribution in [0.4, 0.5) is 17.1 Å². The van der Waals surface area contributed by atoms with E-state index in [9.17, 15) is 9.59 Å². The first-order valence-corrected chi connectivity index (χ1v) is 12.3. The summed E-state index contributed by atoms with van der Waals surface area (Å²) >= 11 is 0. The molecular formula is C29H31N3O3. The van der Waals surface area contributed by atoms with Gasteiger partial charge in [-0.1, -0.05) is 24.3 Å². The van der Waals surface area contributed by atoms with E-state index in [4.69, 9.17) is 4.42 Å². The van der Waals surface area contributed by atoms with Crippen LogP contribution < -0.4 is 15.1 Å². The molecule has 6 heteroatoms. The van der Waals surface area contributed by atoms with Crippen molar-refractivity contribution in [2.45, 2.75) is 45.6 Å². The molecule has 2 heterocycles. The van der Waals surface area contributed by atoms with Gasteiger partial charge < -0.3 is 14.6 Å². The number of fused-ring (bicyclic) bond motifs is 1. The minimum atomic E-state index is -0.604. The second-order valence-electron chi connectivity index (χ2n) is 9.13. The van der Waals surface area contributed by atoms with Crippen LogP contribution in [0, 0.1) is 0 Å². The van der Waals surface area contributed by atoms with Crippen LogP contribution in [0.5, 0.6) is 0 Å². The number of Topliss-reactive ketones (excluding diaryl/α,β-unsaturated/α-hetero) is 1. The SMILES string of the molecule is CCN(CC)c1ccc([C@H]2CC(=O)C3=C(C2)Nc2ccccc2N(C(C)=O)[C@@H]3c2ccco2)cc1. The standard InChI is InChI=1S/C29H31N3O3/c1-4-31(5-2)22-14-12-20(13-15-22)21-17-24-28(26(34)18-21)29(27-11-8-16-35-27)32(19(3)33)25-10-7-6-9-23(25)30-24/h6-16,21,29-30H,4-5,17-18H2,1-3H3/t21-,29-/m1/s1. The van der Waals surface area contributed by atoms with E-state index in [0.717, 1.165) is 35.7 Å². The molecule has 5 rings (SSSR count). The number of anilines is 3. The number of allylic oxidation sites excluding steroid dienone is 1. The zero-order chi connectivity index (χ0) is 24.5. The van der Waals surface area contributed by atoms with Crippen molar-refractivity contribution in [1.82, 2.24) is 0 Å². The van der Waals surface area contributed by atoms with Crippen LogP contribution >= 0.6 is 0 Å². The molecule has 0 bridgehead atoms. The summed E-state index contributed by atoms with van der Waals surface area (Å²) in [6.45, 7) is 7.75. The maximum atomic E-state index is 13.8. The fourth-order valence-electron chi connectivity index (χ4n) is 5.44. The molecule has 0 saturated heterocycles. The van der Waals surface area contributed by atoms with Gasteiger partial charge in [0.25, 0.3) is 0 Å². The van der Waals surface area contributed by atoms with E-state index in [1.165, 1.54) is 12.6 Å². The molecular weight excluding hydrogens is 438 g/mol. The molecule has 0 unspecified atom stereocenters. The number of rotatable bonds is 5. The molecule has 2 aliphatic rings. The minimum absolute atomic E-state index is 0.0389. The lowest BCUT2D eigenvalue weighted by Gasteiger charge is -2.33. The molecule has 35 heavy (non-hydrogen) atoms. The average Bonchev–Trinajstić information content (AvgIpc) is 3.34. The number of carbonyl (C=O) groups excluding carboxylic acids is 2. The van der Waals surface area contributed by atoms with Gasteiger partial charge in [-0.3, -0.25) is 14.5 Å². The molecule has 0 saturated carbocycles. The van der Waals surface area contributed by atoms with Gasteiger partial charge in [-0.15, -0.1) is 0 Å². The number of nitrogens with one attached hydrogen (secondary N) is 1. The number of para-hydroxylation sites is 2. The molecule has 1 N–H and O–H groups in total. The van der Waals surface area contributed by atoms with Crippen LogP contribution in [0.25, 0.3) is 0 Å². The number of nitrogens with zero attached hydrogens (tertiary/aromatic N) is 2. The number of hydrogen-bond acceptors (Lipinski definition) is 5. The van der Waals surface area contributed by atoms with Crippen molar-refractivity contribution in [1.29, 1.82) is 0 Å². The fraction of sp³-hybridized carbons (Fsp3) is 0.310. The van der Waals surface area contributed by atoms with Crippen LogP contribution in [0.15, 0.2) is 82.6 Å². The highest BCUT2D eigenvalue weighted by Gasteiger charge is 2.42. The third-order valence-corrected chi connectivity index (χ3v) is 7.13. The van der Waals surface area contributed by atoms with Crippen LogP contribution in [0.1, 0.15) is 56.9 Å². The molecule has 0 radical (unpaired) electrons. The van der Waals surface area contributed by atoms with Crippen LogP contribution in [0.2, 0.25) is 0 Å². The van der Waals surface area contributed by atoms with Crippen molar-refractivity contribution in [2.75, 3.05) is 28.2 Å². The van der Waals surface area contributed by atoms with Gasteiger partial charge in [0.05, 0.1) is 17.6 Å². The minimum Gasteiger partial charge on any atom is -0.467 e. The number of ketones is 1. The maximum Gasteiger partial charge on any atom is 0.224 e. The molecule has 3 aromatic rings. The highest BCUT2D eigenvalue weighted by molar-refractivity contribution is 6.05. The van der Waals surface area contributed by atoms with Crippen molar-refractivity contribution in [3.8, 4) is 0 Å². The Morgan fingerprint density at radius 1 is 1.03 bits per heavy atom. The highest BCUT2D eigenvalue weighted by atomic mass is 16.3. The molecule has 1 aromatic heterocycles. The summed E-state index contributed by atoms with van der Waals surface area (Å²) in [5.74, 6) is 0.544. The molecule has 6 nitrogen and oxygen atoms in total. The summed E-state index contributed by atoms with van der Waals surface area (Å²) in [4.78, 5) is 30.7. The predicted molar refractivity (Wildman–Crippen MR) is 139 cm³/mol. The monoisotopic (exact) mass is 469 g/mol. The van der Waals surface area contributed by atoms with Crippen LogP contribution in [0.3, 0.4) is 0 Å². The van der Waals surface area contributed by atoms with Crippen molar-refractivity contribution >= 4 is 28.8 Å². The number of hydrogen-bond donors (Lipinski definition) is 1. The first-order valence-electron chi connectivity index (χ1n) is 12.3. The first kappa shape index (κ1) is 23.0. The summed E-state index contributed by atoms with van der Waals surface area (Å²) in [5.41, 5.74) is 5.37. The Morgan fingerprint density at radius 2 is 1.77 bits per heavy atom. The fourth-order valence-corrected chi connectivity index (χ4v) is 5.44. The van der Waals surface area contributed by atoms with Gasteiger partial charge >= 0.3 is 0 Å². The van der Waals surface area contributed by atoms with Crippen molar-refractivity contribution < 1.29 is 14.0 Å². The van der Waals surface area contributed by atoms with E-state index in [0.29, 0.717) is 24.2 Å². The van der Waals surface area contributed by atoms with Crippen LogP contribution in [-0.4, -0.2) is 24.8 Å². The van der Waals surface area contributed by atoms with Gasteiger partial charge in [-0.2, -0.15) is 0 Å². The quantitative estimate of drug-likeness (QED) is 0.493. The first-order chi connectivity index (χ1) is 17.0. The number of furan rings is 1. The third-order valence-electron chi connectivity index (χ3n) is 7.13. The second kappa shape index (κ2) is 9.45. The molecule has 2 atom stereocenters. The lowest BCUT2D eigenvalue weighted by molar-refractivity contribution is -0.117. The molecule has 0 fully saturated rings. The smallest absolute Gasteiger partial charge is 0.224 e. The van der Waals surface area contributed by atoms with Gasteiger partial charge in [-0.05, 0) is 68.1 Å². The van der Waals surface area contributed by atoms with Gasteiger partial charge in [0, 0.05) is 43.4 Å². The highest BCUT2D eigenvalue weighted by Crippen LogP contribution is 2.47. The van der Waals surface area contributed by atoms with Gasteiger partial charge in [0.15, 0.2) is 5.78 Å². The lowest BCUT2D eigenvalue weighted by atomic mass is 9.79. The summed E-state index contributed by atoms with van der Waals surface area (Å²) in [7, 11) is 0. The second-order valence-corrected chi connectivity index (χ2v) is 9.13. The van der Waals surface area contributed by atoms with E-state index >= 15 is 0 Å². The van der Waals surface area contributed by atoms with E-state index < -0.39 is 6.04 Å². The Bertz CT molecular complexity index is 1260. The summed E-state index contributed by atoms with van der Waals surface area (Å²) in [6, 6.07) is 19.3. The summed E-state index contributed by atoms with van der Waals surface area (Å²) in [5, 5.41) is 3.53. The van der Waals surface area contributed by atoms with E-state index in [1.807, 2.05) is 30.3 Å². The van der Waals surface area contributed by atoms with Crippen LogP contribution in [-0.2, 0) is 9.59 Å². The topological polar surface area (TPSA) is 65.8 Å². The maximum absolute atomic E-state index is 13.8.